The zero-order chi connectivity index (χ0) is 10.8. The van der Waals surface area contributed by atoms with Crippen LogP contribution in [0.4, 0.5) is 0 Å². The molecule has 0 unspecified atom stereocenters. The van der Waals surface area contributed by atoms with Crippen molar-refractivity contribution in [1.29, 1.82) is 0 Å². The second kappa shape index (κ2) is 4.04. The quantitative estimate of drug-likeness (QED) is 0.834. The maximum absolute atomic E-state index is 11.0. The summed E-state index contributed by atoms with van der Waals surface area (Å²) in [5.74, 6) is 0. The molecule has 0 bridgehead atoms. The normalized spacial score (nSPS) is 10.3. The minimum absolute atomic E-state index is 0.261. The van der Waals surface area contributed by atoms with Crippen molar-refractivity contribution in [3.05, 3.63) is 50.9 Å². The number of benzene rings is 1. The molecule has 1 aromatic carbocycles. The van der Waals surface area contributed by atoms with E-state index in [9.17, 15) is 4.79 Å². The van der Waals surface area contributed by atoms with Crippen molar-refractivity contribution in [3.8, 4) is 11.1 Å². The van der Waals surface area contributed by atoms with Crippen LogP contribution < -0.4 is 5.56 Å². The Bertz CT molecular complexity index is 531. The molecule has 2 aromatic rings. The van der Waals surface area contributed by atoms with Gasteiger partial charge in [0.15, 0.2) is 0 Å². The molecular formula is C10H6Cl2N2O. The molecule has 1 heterocycles. The van der Waals surface area contributed by atoms with Crippen LogP contribution in [0.15, 0.2) is 35.3 Å². The number of aromatic nitrogens is 2. The highest BCUT2D eigenvalue weighted by Gasteiger charge is 2.02. The van der Waals surface area contributed by atoms with Gasteiger partial charge in [-0.05, 0) is 23.8 Å². The van der Waals surface area contributed by atoms with Crippen LogP contribution in [0.1, 0.15) is 0 Å². The zero-order valence-corrected chi connectivity index (χ0v) is 9.01. The van der Waals surface area contributed by atoms with Gasteiger partial charge in [-0.2, -0.15) is 5.10 Å². The zero-order valence-electron chi connectivity index (χ0n) is 7.50. The first-order valence-electron chi connectivity index (χ1n) is 4.16. The second-order valence-corrected chi connectivity index (χ2v) is 3.86. The summed E-state index contributed by atoms with van der Waals surface area (Å²) in [5.41, 5.74) is 1.19. The predicted molar refractivity (Wildman–Crippen MR) is 60.3 cm³/mol. The van der Waals surface area contributed by atoms with Gasteiger partial charge < -0.3 is 0 Å². The van der Waals surface area contributed by atoms with Gasteiger partial charge >= 0.3 is 0 Å². The third-order valence-corrected chi connectivity index (χ3v) is 2.30. The number of H-pyrrole nitrogens is 1. The van der Waals surface area contributed by atoms with Crippen LogP contribution in [-0.2, 0) is 0 Å². The van der Waals surface area contributed by atoms with Crippen LogP contribution >= 0.6 is 23.2 Å². The monoisotopic (exact) mass is 240 g/mol. The van der Waals surface area contributed by atoms with Crippen LogP contribution in [0.25, 0.3) is 11.1 Å². The van der Waals surface area contributed by atoms with E-state index in [1.54, 1.807) is 24.4 Å². The van der Waals surface area contributed by atoms with Gasteiger partial charge in [-0.25, -0.2) is 5.10 Å². The third-order valence-electron chi connectivity index (χ3n) is 1.86. The highest BCUT2D eigenvalue weighted by atomic mass is 35.5. The SMILES string of the molecule is O=c1cc(-c2cc(Cl)cc(Cl)c2)cn[nH]1. The van der Waals surface area contributed by atoms with E-state index < -0.39 is 0 Å². The molecular weight excluding hydrogens is 235 g/mol. The van der Waals surface area contributed by atoms with E-state index in [4.69, 9.17) is 23.2 Å². The Morgan fingerprint density at radius 3 is 2.27 bits per heavy atom. The minimum Gasteiger partial charge on any atom is -0.268 e. The largest absolute Gasteiger partial charge is 0.268 e. The number of rotatable bonds is 1. The van der Waals surface area contributed by atoms with Gasteiger partial charge in [0, 0.05) is 21.7 Å². The highest BCUT2D eigenvalue weighted by molar-refractivity contribution is 6.35. The molecule has 1 N–H and O–H groups in total. The molecule has 0 saturated heterocycles. The molecule has 0 aliphatic rings. The van der Waals surface area contributed by atoms with Crippen molar-refractivity contribution < 1.29 is 0 Å². The van der Waals surface area contributed by atoms with Crippen LogP contribution in [0.3, 0.4) is 0 Å². The van der Waals surface area contributed by atoms with E-state index in [0.717, 1.165) is 5.56 Å². The summed E-state index contributed by atoms with van der Waals surface area (Å²) >= 11 is 11.7. The average molecular weight is 241 g/mol. The summed E-state index contributed by atoms with van der Waals surface area (Å²) < 4.78 is 0. The molecule has 0 spiro atoms. The summed E-state index contributed by atoms with van der Waals surface area (Å²) in [6.07, 6.45) is 1.55. The molecule has 15 heavy (non-hydrogen) atoms. The lowest BCUT2D eigenvalue weighted by Crippen LogP contribution is -2.05. The lowest BCUT2D eigenvalue weighted by Gasteiger charge is -2.01. The molecule has 0 fully saturated rings. The van der Waals surface area contributed by atoms with Gasteiger partial charge in [0.2, 0.25) is 0 Å². The van der Waals surface area contributed by atoms with Crippen LogP contribution in [0.5, 0.6) is 0 Å². The first kappa shape index (κ1) is 10.2. The molecule has 0 amide bonds. The van der Waals surface area contributed by atoms with Gasteiger partial charge in [0.05, 0.1) is 6.20 Å². The Hall–Kier alpha value is -1.32. The maximum Gasteiger partial charge on any atom is 0.264 e. The van der Waals surface area contributed by atoms with E-state index in [2.05, 4.69) is 10.2 Å². The molecule has 2 rings (SSSR count). The Morgan fingerprint density at radius 1 is 1.00 bits per heavy atom. The molecule has 5 heteroatoms. The fraction of sp³-hybridized carbons (Fsp3) is 0. The first-order chi connectivity index (χ1) is 7.15. The molecule has 3 nitrogen and oxygen atoms in total. The summed E-state index contributed by atoms with van der Waals surface area (Å²) in [6, 6.07) is 6.52. The van der Waals surface area contributed by atoms with Gasteiger partial charge in [0.1, 0.15) is 0 Å². The highest BCUT2D eigenvalue weighted by Crippen LogP contribution is 2.25. The van der Waals surface area contributed by atoms with E-state index in [0.29, 0.717) is 15.6 Å². The van der Waals surface area contributed by atoms with Gasteiger partial charge in [-0.15, -0.1) is 0 Å². The van der Waals surface area contributed by atoms with E-state index in [1.165, 1.54) is 6.07 Å². The lowest BCUT2D eigenvalue weighted by atomic mass is 10.1. The maximum atomic E-state index is 11.0. The standard InChI is InChI=1S/C10H6Cl2N2O/c11-8-1-6(2-9(12)4-8)7-3-10(15)14-13-5-7/h1-5H,(H,14,15). The molecule has 0 aliphatic heterocycles. The third kappa shape index (κ3) is 2.37. The summed E-state index contributed by atoms with van der Waals surface area (Å²) in [4.78, 5) is 11.0. The fourth-order valence-corrected chi connectivity index (χ4v) is 1.78. The van der Waals surface area contributed by atoms with E-state index >= 15 is 0 Å². The number of nitrogens with zero attached hydrogens (tertiary/aromatic N) is 1. The summed E-state index contributed by atoms with van der Waals surface area (Å²) in [5, 5.41) is 7.05. The van der Waals surface area contributed by atoms with Crippen molar-refractivity contribution in [2.24, 2.45) is 0 Å². The topological polar surface area (TPSA) is 45.8 Å². The average Bonchev–Trinajstić information content (AvgIpc) is 2.16. The van der Waals surface area contributed by atoms with Crippen molar-refractivity contribution in [2.75, 3.05) is 0 Å². The fourth-order valence-electron chi connectivity index (χ4n) is 1.25. The summed E-state index contributed by atoms with van der Waals surface area (Å²) in [7, 11) is 0. The Labute approximate surface area is 95.7 Å². The first-order valence-corrected chi connectivity index (χ1v) is 4.92. The van der Waals surface area contributed by atoms with E-state index in [-0.39, 0.29) is 5.56 Å². The Kier molecular flexibility index (Phi) is 2.75. The number of hydrogen-bond acceptors (Lipinski definition) is 2. The number of hydrogen-bond donors (Lipinski definition) is 1. The van der Waals surface area contributed by atoms with Gasteiger partial charge in [-0.1, -0.05) is 23.2 Å². The van der Waals surface area contributed by atoms with Gasteiger partial charge in [-0.3, -0.25) is 4.79 Å². The second-order valence-electron chi connectivity index (χ2n) is 2.99. The molecule has 1 aromatic heterocycles. The minimum atomic E-state index is -0.261. The van der Waals surface area contributed by atoms with Crippen molar-refractivity contribution in [3.63, 3.8) is 0 Å². The molecule has 0 atom stereocenters. The predicted octanol–water partition coefficient (Wildman–Crippen LogP) is 2.74. The smallest absolute Gasteiger partial charge is 0.264 e. The van der Waals surface area contributed by atoms with Crippen molar-refractivity contribution in [1.82, 2.24) is 10.2 Å². The molecule has 0 saturated carbocycles. The molecule has 0 radical (unpaired) electrons. The van der Waals surface area contributed by atoms with Crippen molar-refractivity contribution in [2.45, 2.75) is 0 Å². The Morgan fingerprint density at radius 2 is 1.67 bits per heavy atom. The van der Waals surface area contributed by atoms with Crippen LogP contribution in [0, 0.1) is 0 Å². The Balaban J connectivity index is 2.58. The van der Waals surface area contributed by atoms with Crippen LogP contribution in [-0.4, -0.2) is 10.2 Å². The number of halogens is 2. The van der Waals surface area contributed by atoms with E-state index in [1.807, 2.05) is 0 Å². The summed E-state index contributed by atoms with van der Waals surface area (Å²) in [6.45, 7) is 0. The lowest BCUT2D eigenvalue weighted by molar-refractivity contribution is 0.991. The van der Waals surface area contributed by atoms with Crippen molar-refractivity contribution >= 4 is 23.2 Å². The number of aromatic amines is 1. The van der Waals surface area contributed by atoms with Crippen LogP contribution in [0.2, 0.25) is 10.0 Å². The molecule has 0 aliphatic carbocycles. The molecule has 76 valence electrons. The number of nitrogens with one attached hydrogen (secondary N) is 1. The van der Waals surface area contributed by atoms with Gasteiger partial charge in [0.25, 0.3) is 5.56 Å².